The highest BCUT2D eigenvalue weighted by molar-refractivity contribution is 5.96. The number of amides is 1. The Hall–Kier alpha value is -4.20. The third kappa shape index (κ3) is 4.75. The Bertz CT molecular complexity index is 1080. The molecule has 8 heteroatoms. The summed E-state index contributed by atoms with van der Waals surface area (Å²) in [5, 5.41) is 22.2. The predicted octanol–water partition coefficient (Wildman–Crippen LogP) is 3.42. The van der Waals surface area contributed by atoms with Gasteiger partial charge in [0.1, 0.15) is 11.5 Å². The average Bonchev–Trinajstić information content (AvgIpc) is 3.17. The number of aromatic carboxylic acids is 2. The predicted molar refractivity (Wildman–Crippen MR) is 104 cm³/mol. The SMILES string of the molecule is Cc1ccc(C(=O)N/N=C\c2ccc(-c3cc(C(=O)O)cc(C(=O)O)c3)o2)cc1. The Labute approximate surface area is 165 Å². The normalized spacial score (nSPS) is 10.8. The number of aryl methyl sites for hydroxylation is 1. The zero-order valence-electron chi connectivity index (χ0n) is 15.2. The number of rotatable bonds is 6. The Morgan fingerprint density at radius 2 is 1.52 bits per heavy atom. The van der Waals surface area contributed by atoms with Crippen LogP contribution < -0.4 is 5.43 Å². The summed E-state index contributed by atoms with van der Waals surface area (Å²) in [6, 6.07) is 13.8. The van der Waals surface area contributed by atoms with Crippen LogP contribution in [0, 0.1) is 6.92 Å². The van der Waals surface area contributed by atoms with Gasteiger partial charge in [0.15, 0.2) is 0 Å². The zero-order chi connectivity index (χ0) is 21.0. The summed E-state index contributed by atoms with van der Waals surface area (Å²) in [5.74, 6) is -2.32. The first-order chi connectivity index (χ1) is 13.8. The van der Waals surface area contributed by atoms with Crippen LogP contribution in [0.2, 0.25) is 0 Å². The summed E-state index contributed by atoms with van der Waals surface area (Å²) in [6.07, 6.45) is 1.29. The van der Waals surface area contributed by atoms with Crippen LogP contribution >= 0.6 is 0 Å². The Morgan fingerprint density at radius 1 is 0.897 bits per heavy atom. The van der Waals surface area contributed by atoms with Crippen LogP contribution in [0.25, 0.3) is 11.3 Å². The molecule has 3 aromatic rings. The summed E-state index contributed by atoms with van der Waals surface area (Å²) >= 11 is 0. The summed E-state index contributed by atoms with van der Waals surface area (Å²) < 4.78 is 5.56. The zero-order valence-corrected chi connectivity index (χ0v) is 15.2. The van der Waals surface area contributed by atoms with Gasteiger partial charge in [-0.3, -0.25) is 4.79 Å². The Balaban J connectivity index is 1.76. The lowest BCUT2D eigenvalue weighted by molar-refractivity contribution is 0.0696. The molecule has 1 aromatic heterocycles. The number of carbonyl (C=O) groups is 3. The summed E-state index contributed by atoms with van der Waals surface area (Å²) in [7, 11) is 0. The molecule has 0 saturated carbocycles. The van der Waals surface area contributed by atoms with Crippen molar-refractivity contribution in [3.63, 3.8) is 0 Å². The van der Waals surface area contributed by atoms with Gasteiger partial charge in [-0.1, -0.05) is 17.7 Å². The number of nitrogens with one attached hydrogen (secondary N) is 1. The van der Waals surface area contributed by atoms with E-state index in [0.29, 0.717) is 16.9 Å². The molecular formula is C21H16N2O6. The van der Waals surface area contributed by atoms with Gasteiger partial charge >= 0.3 is 11.9 Å². The maximum atomic E-state index is 12.0. The molecule has 0 bridgehead atoms. The summed E-state index contributed by atoms with van der Waals surface area (Å²) in [4.78, 5) is 34.4. The molecular weight excluding hydrogens is 376 g/mol. The molecule has 0 unspecified atom stereocenters. The van der Waals surface area contributed by atoms with Crippen LogP contribution in [-0.4, -0.2) is 34.3 Å². The van der Waals surface area contributed by atoms with Gasteiger partial charge in [0, 0.05) is 11.1 Å². The molecule has 0 saturated heterocycles. The van der Waals surface area contributed by atoms with Crippen molar-refractivity contribution < 1.29 is 29.0 Å². The molecule has 0 aliphatic heterocycles. The monoisotopic (exact) mass is 392 g/mol. The molecule has 1 amide bonds. The average molecular weight is 392 g/mol. The standard InChI is InChI=1S/C21H16N2O6/c1-12-2-4-13(5-3-12)19(24)23-22-11-17-6-7-18(29-17)14-8-15(20(25)26)10-16(9-14)21(27)28/h2-11H,1H3,(H,23,24)(H,25,26)(H,27,28)/b22-11-. The summed E-state index contributed by atoms with van der Waals surface area (Å²) in [6.45, 7) is 1.92. The van der Waals surface area contributed by atoms with Crippen LogP contribution in [-0.2, 0) is 0 Å². The first kappa shape index (κ1) is 19.6. The molecule has 0 spiro atoms. The minimum atomic E-state index is -1.25. The van der Waals surface area contributed by atoms with E-state index >= 15 is 0 Å². The van der Waals surface area contributed by atoms with Gasteiger partial charge in [0.25, 0.3) is 5.91 Å². The Kier molecular flexibility index (Phi) is 5.54. The van der Waals surface area contributed by atoms with Crippen molar-refractivity contribution in [3.8, 4) is 11.3 Å². The van der Waals surface area contributed by atoms with Gasteiger partial charge in [-0.2, -0.15) is 5.10 Å². The van der Waals surface area contributed by atoms with Crippen LogP contribution in [0.5, 0.6) is 0 Å². The molecule has 0 fully saturated rings. The quantitative estimate of drug-likeness (QED) is 0.435. The molecule has 3 rings (SSSR count). The molecule has 1 heterocycles. The highest BCUT2D eigenvalue weighted by atomic mass is 16.4. The maximum Gasteiger partial charge on any atom is 0.335 e. The van der Waals surface area contributed by atoms with E-state index in [-0.39, 0.29) is 22.8 Å². The molecule has 8 nitrogen and oxygen atoms in total. The van der Waals surface area contributed by atoms with E-state index in [4.69, 9.17) is 14.6 Å². The fraction of sp³-hybridized carbons (Fsp3) is 0.0476. The van der Waals surface area contributed by atoms with Gasteiger partial charge < -0.3 is 14.6 Å². The molecule has 0 aliphatic carbocycles. The van der Waals surface area contributed by atoms with E-state index in [9.17, 15) is 14.4 Å². The second kappa shape index (κ2) is 8.22. The molecule has 0 aliphatic rings. The van der Waals surface area contributed by atoms with Crippen molar-refractivity contribution >= 4 is 24.1 Å². The van der Waals surface area contributed by atoms with Gasteiger partial charge in [0.2, 0.25) is 0 Å². The lowest BCUT2D eigenvalue weighted by atomic mass is 10.0. The number of carboxylic acids is 2. The van der Waals surface area contributed by atoms with Crippen molar-refractivity contribution in [2.45, 2.75) is 6.92 Å². The fourth-order valence-electron chi connectivity index (χ4n) is 2.52. The van der Waals surface area contributed by atoms with Crippen molar-refractivity contribution in [1.29, 1.82) is 0 Å². The fourth-order valence-corrected chi connectivity index (χ4v) is 2.52. The summed E-state index contributed by atoms with van der Waals surface area (Å²) in [5.41, 5.74) is 3.83. The van der Waals surface area contributed by atoms with Crippen molar-refractivity contribution in [3.05, 3.63) is 82.6 Å². The minimum Gasteiger partial charge on any atom is -0.478 e. The lowest BCUT2D eigenvalue weighted by Crippen LogP contribution is -2.17. The van der Waals surface area contributed by atoms with E-state index in [1.165, 1.54) is 18.3 Å². The van der Waals surface area contributed by atoms with Crippen LogP contribution in [0.4, 0.5) is 0 Å². The van der Waals surface area contributed by atoms with Gasteiger partial charge in [-0.05, 0) is 49.4 Å². The molecule has 146 valence electrons. The number of benzene rings is 2. The van der Waals surface area contributed by atoms with Crippen molar-refractivity contribution in [1.82, 2.24) is 5.43 Å². The lowest BCUT2D eigenvalue weighted by Gasteiger charge is -2.03. The van der Waals surface area contributed by atoms with Crippen LogP contribution in [0.1, 0.15) is 42.4 Å². The van der Waals surface area contributed by atoms with Crippen LogP contribution in [0.3, 0.4) is 0 Å². The molecule has 0 radical (unpaired) electrons. The number of hydrogen-bond donors (Lipinski definition) is 3. The third-order valence-corrected chi connectivity index (χ3v) is 4.01. The van der Waals surface area contributed by atoms with E-state index in [1.54, 1.807) is 24.3 Å². The minimum absolute atomic E-state index is 0.170. The van der Waals surface area contributed by atoms with Gasteiger partial charge in [-0.15, -0.1) is 0 Å². The van der Waals surface area contributed by atoms with Crippen molar-refractivity contribution in [2.75, 3.05) is 0 Å². The first-order valence-electron chi connectivity index (χ1n) is 8.45. The first-order valence-corrected chi connectivity index (χ1v) is 8.45. The largest absolute Gasteiger partial charge is 0.478 e. The van der Waals surface area contributed by atoms with E-state index < -0.39 is 11.9 Å². The maximum absolute atomic E-state index is 12.0. The second-order valence-electron chi connectivity index (χ2n) is 6.18. The second-order valence-corrected chi connectivity index (χ2v) is 6.18. The number of hydrazone groups is 1. The van der Waals surface area contributed by atoms with E-state index in [1.807, 2.05) is 19.1 Å². The number of nitrogens with zero attached hydrogens (tertiary/aromatic N) is 1. The molecule has 2 aromatic carbocycles. The number of hydrogen-bond acceptors (Lipinski definition) is 5. The van der Waals surface area contributed by atoms with Gasteiger partial charge in [0.05, 0.1) is 17.3 Å². The number of carboxylic acid groups (broad SMARTS) is 2. The molecule has 0 atom stereocenters. The molecule has 3 N–H and O–H groups in total. The number of carbonyl (C=O) groups excluding carboxylic acids is 1. The van der Waals surface area contributed by atoms with Crippen molar-refractivity contribution in [2.24, 2.45) is 5.10 Å². The highest BCUT2D eigenvalue weighted by Crippen LogP contribution is 2.24. The van der Waals surface area contributed by atoms with Crippen LogP contribution in [0.15, 0.2) is 64.1 Å². The van der Waals surface area contributed by atoms with Gasteiger partial charge in [-0.25, -0.2) is 15.0 Å². The third-order valence-electron chi connectivity index (χ3n) is 4.01. The van der Waals surface area contributed by atoms with E-state index in [0.717, 1.165) is 11.6 Å². The smallest absolute Gasteiger partial charge is 0.335 e. The number of furan rings is 1. The highest BCUT2D eigenvalue weighted by Gasteiger charge is 2.14. The topological polar surface area (TPSA) is 129 Å². The Morgan fingerprint density at radius 3 is 2.10 bits per heavy atom. The molecule has 29 heavy (non-hydrogen) atoms. The van der Waals surface area contributed by atoms with E-state index in [2.05, 4.69) is 10.5 Å².